The molecule has 2 aromatic heterocycles. The van der Waals surface area contributed by atoms with Crippen LogP contribution in [0.4, 0.5) is 17.2 Å². The Hall–Kier alpha value is -3.95. The zero-order valence-electron chi connectivity index (χ0n) is 21.7. The van der Waals surface area contributed by atoms with Gasteiger partial charge in [-0.2, -0.15) is 0 Å². The number of benzene rings is 3. The van der Waals surface area contributed by atoms with Gasteiger partial charge < -0.3 is 30.9 Å². The van der Waals surface area contributed by atoms with E-state index in [1.807, 2.05) is 30.3 Å². The van der Waals surface area contributed by atoms with E-state index in [1.165, 1.54) is 11.1 Å². The molecular weight excluding hydrogens is 494 g/mol. The van der Waals surface area contributed by atoms with Crippen LogP contribution in [0.25, 0.3) is 32.7 Å². The van der Waals surface area contributed by atoms with Gasteiger partial charge in [0.05, 0.1) is 17.6 Å². The third-order valence-corrected chi connectivity index (χ3v) is 7.00. The number of aliphatic hydroxyl groups excluding tert-OH is 1. The zero-order chi connectivity index (χ0) is 26.6. The van der Waals surface area contributed by atoms with E-state index in [0.29, 0.717) is 22.9 Å². The van der Waals surface area contributed by atoms with Crippen LogP contribution in [0.2, 0.25) is 0 Å². The lowest BCUT2D eigenvalue weighted by atomic mass is 10.1. The van der Waals surface area contributed by atoms with Crippen molar-refractivity contribution < 1.29 is 5.11 Å². The second-order valence-corrected chi connectivity index (χ2v) is 9.93. The molecule has 0 aliphatic rings. The van der Waals surface area contributed by atoms with E-state index in [2.05, 4.69) is 69.5 Å². The van der Waals surface area contributed by atoms with Crippen molar-refractivity contribution >= 4 is 67.2 Å². The molecule has 9 heteroatoms. The van der Waals surface area contributed by atoms with E-state index in [9.17, 15) is 5.11 Å². The molecule has 0 amide bonds. The number of para-hydroxylation sites is 1. The first-order valence-electron chi connectivity index (χ1n) is 12.9. The molecule has 0 aliphatic heterocycles. The number of aryl methyl sites for hydroxylation is 1. The maximum atomic E-state index is 9.62. The van der Waals surface area contributed by atoms with Gasteiger partial charge in [-0.05, 0) is 43.3 Å². The highest BCUT2D eigenvalue weighted by atomic mass is 32.1. The third kappa shape index (κ3) is 5.07. The first-order valence-corrected chi connectivity index (χ1v) is 13.3. The summed E-state index contributed by atoms with van der Waals surface area (Å²) in [5.74, 6) is 1.24. The number of thiocarbonyl (C=S) groups is 1. The number of imidazole rings is 1. The lowest BCUT2D eigenvalue weighted by Crippen LogP contribution is -2.29. The number of anilines is 3. The Bertz CT molecular complexity index is 1610. The van der Waals surface area contributed by atoms with Crippen LogP contribution in [0, 0.1) is 0 Å². The number of nitrogens with one attached hydrogen (secondary N) is 2. The molecule has 5 aromatic rings. The summed E-state index contributed by atoms with van der Waals surface area (Å²) in [5, 5.41) is 20.3. The van der Waals surface area contributed by atoms with E-state index in [0.717, 1.165) is 59.2 Å². The molecule has 0 fully saturated rings. The Morgan fingerprint density at radius 2 is 1.71 bits per heavy atom. The number of unbranched alkanes of at least 4 members (excludes halogenated alkanes) is 1. The second kappa shape index (κ2) is 11.2. The summed E-state index contributed by atoms with van der Waals surface area (Å²) in [6.07, 6.45) is 2.30. The fourth-order valence-electron chi connectivity index (χ4n) is 4.98. The van der Waals surface area contributed by atoms with Gasteiger partial charge in [-0.25, -0.2) is 9.97 Å². The van der Waals surface area contributed by atoms with E-state index < -0.39 is 0 Å². The average Bonchev–Trinajstić information content (AvgIpc) is 3.27. The molecule has 2 heterocycles. The molecule has 0 aliphatic carbocycles. The molecule has 196 valence electrons. The average molecular weight is 528 g/mol. The number of pyridine rings is 1. The fourth-order valence-corrected chi connectivity index (χ4v) is 5.19. The fraction of sp³-hybridized carbons (Fsp3) is 0.276. The number of nitrogen functional groups attached to an aromatic ring is 1. The normalized spacial score (nSPS) is 11.3. The van der Waals surface area contributed by atoms with Gasteiger partial charge in [-0.1, -0.05) is 42.5 Å². The van der Waals surface area contributed by atoms with Gasteiger partial charge in [0, 0.05) is 61.1 Å². The molecule has 0 saturated carbocycles. The third-order valence-electron chi connectivity index (χ3n) is 6.75. The van der Waals surface area contributed by atoms with Crippen LogP contribution < -0.4 is 21.3 Å². The van der Waals surface area contributed by atoms with Crippen LogP contribution in [0.1, 0.15) is 18.7 Å². The zero-order valence-corrected chi connectivity index (χ0v) is 22.6. The molecule has 5 rings (SSSR count). The highest BCUT2D eigenvalue weighted by Gasteiger charge is 2.17. The van der Waals surface area contributed by atoms with Gasteiger partial charge in [0.2, 0.25) is 0 Å². The van der Waals surface area contributed by atoms with Crippen LogP contribution in [0.3, 0.4) is 0 Å². The quantitative estimate of drug-likeness (QED) is 0.162. The Balaban J connectivity index is 1.24. The van der Waals surface area contributed by atoms with E-state index >= 15 is 0 Å². The summed E-state index contributed by atoms with van der Waals surface area (Å²) in [6.45, 7) is 1.53. The number of rotatable bonds is 9. The first kappa shape index (κ1) is 25.7. The topological polar surface area (TPSA) is 104 Å². The lowest BCUT2D eigenvalue weighted by Gasteiger charge is -2.18. The molecule has 8 nitrogen and oxygen atoms in total. The molecule has 0 saturated heterocycles. The molecule has 0 spiro atoms. The number of fused-ring (bicyclic) bond motifs is 4. The van der Waals surface area contributed by atoms with Crippen LogP contribution in [-0.4, -0.2) is 52.0 Å². The number of nitrogens with two attached hydrogens (primary N) is 1. The minimum atomic E-state index is 0.0281. The monoisotopic (exact) mass is 527 g/mol. The first-order chi connectivity index (χ1) is 18.5. The summed E-state index contributed by atoms with van der Waals surface area (Å²) in [6, 6.07) is 20.5. The SMILES string of the molecule is CN(C)c1ccc(NC(=S)NCCCCn2c(CCO)nc3c(N)nc4ccccc4c32)c2ccccc12. The summed E-state index contributed by atoms with van der Waals surface area (Å²) in [4.78, 5) is 11.4. The van der Waals surface area contributed by atoms with Gasteiger partial charge >= 0.3 is 0 Å². The van der Waals surface area contributed by atoms with Gasteiger partial charge in [-0.15, -0.1) is 0 Å². The van der Waals surface area contributed by atoms with E-state index in [-0.39, 0.29) is 6.61 Å². The van der Waals surface area contributed by atoms with Crippen molar-refractivity contribution in [1.82, 2.24) is 19.9 Å². The maximum Gasteiger partial charge on any atom is 0.170 e. The van der Waals surface area contributed by atoms with Crippen LogP contribution in [-0.2, 0) is 13.0 Å². The van der Waals surface area contributed by atoms with Gasteiger partial charge in [0.1, 0.15) is 11.3 Å². The summed E-state index contributed by atoms with van der Waals surface area (Å²) in [5.41, 5.74) is 10.9. The van der Waals surface area contributed by atoms with E-state index in [4.69, 9.17) is 22.9 Å². The molecule has 0 unspecified atom stereocenters. The Labute approximate surface area is 227 Å². The number of hydrogen-bond acceptors (Lipinski definition) is 6. The summed E-state index contributed by atoms with van der Waals surface area (Å²) < 4.78 is 2.18. The van der Waals surface area contributed by atoms with Gasteiger partial charge in [0.25, 0.3) is 0 Å². The highest BCUT2D eigenvalue weighted by molar-refractivity contribution is 7.80. The number of hydrogen-bond donors (Lipinski definition) is 4. The highest BCUT2D eigenvalue weighted by Crippen LogP contribution is 2.32. The molecule has 5 N–H and O–H groups in total. The standard InChI is InChI=1S/C29H33N7OS/c1-35(2)24-14-13-23(19-9-3-4-10-20(19)24)33-29(38)31-16-7-8-17-36-25(15-18-37)34-26-27(36)21-11-5-6-12-22(21)32-28(26)30/h3-6,9-14,37H,7-8,15-18H2,1-2H3,(H2,30,32)(H2,31,33,38). The smallest absolute Gasteiger partial charge is 0.170 e. The van der Waals surface area contributed by atoms with Crippen molar-refractivity contribution in [3.05, 3.63) is 66.5 Å². The van der Waals surface area contributed by atoms with Crippen molar-refractivity contribution in [1.29, 1.82) is 0 Å². The maximum absolute atomic E-state index is 9.62. The lowest BCUT2D eigenvalue weighted by molar-refractivity contribution is 0.294. The van der Waals surface area contributed by atoms with Gasteiger partial charge in [-0.3, -0.25) is 0 Å². The number of aliphatic hydroxyl groups is 1. The van der Waals surface area contributed by atoms with Crippen molar-refractivity contribution in [2.24, 2.45) is 0 Å². The number of nitrogens with zero attached hydrogens (tertiary/aromatic N) is 4. The largest absolute Gasteiger partial charge is 0.396 e. The summed E-state index contributed by atoms with van der Waals surface area (Å²) >= 11 is 5.60. The number of aromatic nitrogens is 3. The second-order valence-electron chi connectivity index (χ2n) is 9.52. The van der Waals surface area contributed by atoms with E-state index in [1.54, 1.807) is 0 Å². The molecule has 38 heavy (non-hydrogen) atoms. The molecule has 0 atom stereocenters. The van der Waals surface area contributed by atoms with Gasteiger partial charge in [0.15, 0.2) is 10.9 Å². The van der Waals surface area contributed by atoms with Crippen LogP contribution >= 0.6 is 12.2 Å². The van der Waals surface area contributed by atoms with Crippen LogP contribution in [0.15, 0.2) is 60.7 Å². The van der Waals surface area contributed by atoms with Crippen LogP contribution in [0.5, 0.6) is 0 Å². The predicted molar refractivity (Wildman–Crippen MR) is 162 cm³/mol. The Kier molecular flexibility index (Phi) is 7.57. The molecular formula is C29H33N7OS. The molecule has 0 bridgehead atoms. The van der Waals surface area contributed by atoms with Crippen molar-refractivity contribution in [3.63, 3.8) is 0 Å². The summed E-state index contributed by atoms with van der Waals surface area (Å²) in [7, 11) is 4.10. The van der Waals surface area contributed by atoms with Crippen molar-refractivity contribution in [3.8, 4) is 0 Å². The van der Waals surface area contributed by atoms with Crippen molar-refractivity contribution in [2.75, 3.05) is 43.2 Å². The van der Waals surface area contributed by atoms with Crippen molar-refractivity contribution in [2.45, 2.75) is 25.8 Å². The molecule has 3 aromatic carbocycles. The predicted octanol–water partition coefficient (Wildman–Crippen LogP) is 4.69. The molecule has 0 radical (unpaired) electrons. The Morgan fingerprint density at radius 3 is 2.47 bits per heavy atom. The minimum Gasteiger partial charge on any atom is -0.396 e. The minimum absolute atomic E-state index is 0.0281. The Morgan fingerprint density at radius 1 is 0.974 bits per heavy atom.